The van der Waals surface area contributed by atoms with Gasteiger partial charge in [0.05, 0.1) is 22.5 Å². The number of nitrogens with zero attached hydrogens (tertiary/aromatic N) is 1. The number of nitrogens with one attached hydrogen (secondary N) is 1. The number of aromatic amines is 1. The van der Waals surface area contributed by atoms with E-state index in [-0.39, 0.29) is 11.4 Å². The predicted molar refractivity (Wildman–Crippen MR) is 105 cm³/mol. The molecule has 0 unspecified atom stereocenters. The van der Waals surface area contributed by atoms with Gasteiger partial charge >= 0.3 is 5.97 Å². The highest BCUT2D eigenvalue weighted by atomic mass is 16.4. The Bertz CT molecular complexity index is 1140. The van der Waals surface area contributed by atoms with Crippen molar-refractivity contribution in [3.8, 4) is 5.88 Å². The van der Waals surface area contributed by atoms with Crippen LogP contribution in [0.15, 0.2) is 83.9 Å². The Kier molecular flexibility index (Phi) is 4.18. The average molecular weight is 356 g/mol. The Morgan fingerprint density at radius 3 is 2.19 bits per heavy atom. The molecule has 4 aromatic rings. The van der Waals surface area contributed by atoms with Crippen LogP contribution in [0.5, 0.6) is 5.88 Å². The molecular weight excluding hydrogens is 340 g/mol. The molecule has 5 heteroatoms. The number of aromatic carboxylic acids is 1. The van der Waals surface area contributed by atoms with Crippen molar-refractivity contribution in [2.24, 2.45) is 4.99 Å². The number of fused-ring (bicyclic) bond motifs is 1. The zero-order valence-corrected chi connectivity index (χ0v) is 14.3. The fraction of sp³-hybridized carbons (Fsp3) is 0. The van der Waals surface area contributed by atoms with Gasteiger partial charge in [0.1, 0.15) is 0 Å². The smallest absolute Gasteiger partial charge is 0.335 e. The first-order chi connectivity index (χ1) is 13.1. The van der Waals surface area contributed by atoms with Gasteiger partial charge in [-0.3, -0.25) is 0 Å². The van der Waals surface area contributed by atoms with Crippen LogP contribution in [0.25, 0.3) is 10.9 Å². The second-order valence-electron chi connectivity index (χ2n) is 6.07. The number of aliphatic imine (C=N–C) groups is 1. The Balaban J connectivity index is 1.92. The van der Waals surface area contributed by atoms with Crippen molar-refractivity contribution in [2.45, 2.75) is 0 Å². The summed E-state index contributed by atoms with van der Waals surface area (Å²) < 4.78 is 0. The number of aromatic nitrogens is 1. The van der Waals surface area contributed by atoms with Crippen molar-refractivity contribution in [1.82, 2.24) is 4.98 Å². The third-order valence-electron chi connectivity index (χ3n) is 4.33. The fourth-order valence-corrected chi connectivity index (χ4v) is 3.04. The number of benzene rings is 3. The molecule has 3 N–H and O–H groups in total. The second-order valence-corrected chi connectivity index (χ2v) is 6.07. The Morgan fingerprint density at radius 1 is 0.815 bits per heavy atom. The molecule has 0 aliphatic carbocycles. The van der Waals surface area contributed by atoms with E-state index in [1.807, 2.05) is 54.6 Å². The number of carboxylic acid groups (broad SMARTS) is 1. The standard InChI is InChI=1S/C22H16N2O3/c25-21-19(17-8-4-5-9-18(17)24-21)20(14-6-2-1-3-7-14)23-16-12-10-15(11-13-16)22(26)27/h1-13,24-25H,(H,26,27). The summed E-state index contributed by atoms with van der Waals surface area (Å²) in [4.78, 5) is 18.8. The summed E-state index contributed by atoms with van der Waals surface area (Å²) in [6.45, 7) is 0. The van der Waals surface area contributed by atoms with Crippen molar-refractivity contribution >= 4 is 28.3 Å². The van der Waals surface area contributed by atoms with E-state index in [4.69, 9.17) is 10.1 Å². The monoisotopic (exact) mass is 356 g/mol. The Labute approximate surface area is 155 Å². The minimum Gasteiger partial charge on any atom is -0.494 e. The van der Waals surface area contributed by atoms with Crippen LogP contribution in [0.3, 0.4) is 0 Å². The quantitative estimate of drug-likeness (QED) is 0.462. The molecule has 0 fully saturated rings. The van der Waals surface area contributed by atoms with Crippen LogP contribution in [0.4, 0.5) is 5.69 Å². The van der Waals surface area contributed by atoms with Crippen molar-refractivity contribution in [1.29, 1.82) is 0 Å². The van der Waals surface area contributed by atoms with Crippen molar-refractivity contribution in [3.63, 3.8) is 0 Å². The molecule has 0 aliphatic heterocycles. The molecule has 0 amide bonds. The summed E-state index contributed by atoms with van der Waals surface area (Å²) in [7, 11) is 0. The molecule has 27 heavy (non-hydrogen) atoms. The molecule has 0 spiro atoms. The fourth-order valence-electron chi connectivity index (χ4n) is 3.04. The summed E-state index contributed by atoms with van der Waals surface area (Å²) in [6, 6.07) is 23.5. The van der Waals surface area contributed by atoms with Crippen molar-refractivity contribution in [3.05, 3.63) is 95.6 Å². The predicted octanol–water partition coefficient (Wildman–Crippen LogP) is 4.74. The molecular formula is C22H16N2O3. The average Bonchev–Trinajstić information content (AvgIpc) is 3.03. The van der Waals surface area contributed by atoms with Gasteiger partial charge in [-0.25, -0.2) is 9.79 Å². The van der Waals surface area contributed by atoms with Crippen molar-refractivity contribution in [2.75, 3.05) is 0 Å². The number of rotatable bonds is 4. The van der Waals surface area contributed by atoms with Crippen LogP contribution in [0.1, 0.15) is 21.5 Å². The lowest BCUT2D eigenvalue weighted by Crippen LogP contribution is -2.03. The molecule has 1 heterocycles. The lowest BCUT2D eigenvalue weighted by molar-refractivity contribution is 0.0697. The third-order valence-corrected chi connectivity index (χ3v) is 4.33. The molecule has 3 aromatic carbocycles. The molecule has 0 bridgehead atoms. The Morgan fingerprint density at radius 2 is 1.48 bits per heavy atom. The lowest BCUT2D eigenvalue weighted by Gasteiger charge is -2.08. The van der Waals surface area contributed by atoms with E-state index < -0.39 is 5.97 Å². The van der Waals surface area contributed by atoms with Gasteiger partial charge in [-0.1, -0.05) is 48.5 Å². The maximum Gasteiger partial charge on any atom is 0.335 e. The van der Waals surface area contributed by atoms with Gasteiger partial charge in [-0.05, 0) is 30.3 Å². The first-order valence-electron chi connectivity index (χ1n) is 8.41. The number of H-pyrrole nitrogens is 1. The number of aromatic hydroxyl groups is 1. The second kappa shape index (κ2) is 6.80. The number of carboxylic acids is 1. The van der Waals surface area contributed by atoms with Crippen LogP contribution in [0, 0.1) is 0 Å². The summed E-state index contributed by atoms with van der Waals surface area (Å²) in [5.74, 6) is -0.941. The number of para-hydroxylation sites is 1. The molecule has 0 saturated carbocycles. The zero-order chi connectivity index (χ0) is 18.8. The molecule has 0 radical (unpaired) electrons. The topological polar surface area (TPSA) is 85.7 Å². The highest BCUT2D eigenvalue weighted by Crippen LogP contribution is 2.31. The zero-order valence-electron chi connectivity index (χ0n) is 14.3. The van der Waals surface area contributed by atoms with Crippen LogP contribution < -0.4 is 0 Å². The lowest BCUT2D eigenvalue weighted by atomic mass is 10.0. The van der Waals surface area contributed by atoms with Gasteiger partial charge in [0.2, 0.25) is 0 Å². The Hall–Kier alpha value is -3.86. The molecule has 4 rings (SSSR count). The van der Waals surface area contributed by atoms with Gasteiger partial charge in [0, 0.05) is 16.5 Å². The van der Waals surface area contributed by atoms with Gasteiger partial charge in [0.15, 0.2) is 5.88 Å². The molecule has 5 nitrogen and oxygen atoms in total. The number of hydrogen-bond donors (Lipinski definition) is 3. The van der Waals surface area contributed by atoms with Crippen LogP contribution >= 0.6 is 0 Å². The van der Waals surface area contributed by atoms with Gasteiger partial charge < -0.3 is 15.2 Å². The normalized spacial score (nSPS) is 11.6. The largest absolute Gasteiger partial charge is 0.494 e. The number of hydrogen-bond acceptors (Lipinski definition) is 3. The summed E-state index contributed by atoms with van der Waals surface area (Å²) in [5.41, 5.74) is 3.68. The van der Waals surface area contributed by atoms with E-state index >= 15 is 0 Å². The first-order valence-corrected chi connectivity index (χ1v) is 8.41. The summed E-state index contributed by atoms with van der Waals surface area (Å²) in [6.07, 6.45) is 0. The molecule has 0 saturated heterocycles. The third kappa shape index (κ3) is 3.18. The summed E-state index contributed by atoms with van der Waals surface area (Å²) >= 11 is 0. The maximum atomic E-state index is 11.1. The van der Waals surface area contributed by atoms with E-state index in [0.717, 1.165) is 16.5 Å². The van der Waals surface area contributed by atoms with E-state index in [9.17, 15) is 9.90 Å². The first kappa shape index (κ1) is 16.6. The van der Waals surface area contributed by atoms with Gasteiger partial charge in [0.25, 0.3) is 0 Å². The highest BCUT2D eigenvalue weighted by molar-refractivity contribution is 6.21. The van der Waals surface area contributed by atoms with E-state index in [0.29, 0.717) is 17.0 Å². The highest BCUT2D eigenvalue weighted by Gasteiger charge is 2.18. The minimum absolute atomic E-state index is 0.0426. The molecule has 0 aliphatic rings. The van der Waals surface area contributed by atoms with E-state index in [1.54, 1.807) is 12.1 Å². The van der Waals surface area contributed by atoms with Crippen LogP contribution in [-0.4, -0.2) is 26.9 Å². The van der Waals surface area contributed by atoms with E-state index in [2.05, 4.69) is 4.98 Å². The molecule has 132 valence electrons. The van der Waals surface area contributed by atoms with E-state index in [1.165, 1.54) is 12.1 Å². The van der Waals surface area contributed by atoms with Crippen molar-refractivity contribution < 1.29 is 15.0 Å². The maximum absolute atomic E-state index is 11.1. The number of carbonyl (C=O) groups is 1. The molecule has 0 atom stereocenters. The van der Waals surface area contributed by atoms with Gasteiger partial charge in [-0.2, -0.15) is 0 Å². The van der Waals surface area contributed by atoms with Crippen LogP contribution in [-0.2, 0) is 0 Å². The minimum atomic E-state index is -0.983. The molecule has 1 aromatic heterocycles. The SMILES string of the molecule is O=C(O)c1ccc(N=C(c2ccccc2)c2c(O)[nH]c3ccccc23)cc1. The summed E-state index contributed by atoms with van der Waals surface area (Å²) in [5, 5.41) is 20.5. The van der Waals surface area contributed by atoms with Crippen LogP contribution in [0.2, 0.25) is 0 Å². The van der Waals surface area contributed by atoms with Gasteiger partial charge in [-0.15, -0.1) is 0 Å².